The van der Waals surface area contributed by atoms with Gasteiger partial charge in [0.2, 0.25) is 5.91 Å². The summed E-state index contributed by atoms with van der Waals surface area (Å²) in [7, 11) is 0. The van der Waals surface area contributed by atoms with Gasteiger partial charge in [0.25, 0.3) is 0 Å². The number of carbonyl (C=O) groups is 1. The van der Waals surface area contributed by atoms with Gasteiger partial charge in [-0.05, 0) is 53.5 Å². The number of pyridine rings is 1. The molecule has 100 valence electrons. The van der Waals surface area contributed by atoms with Crippen LogP contribution in [-0.2, 0) is 4.79 Å². The van der Waals surface area contributed by atoms with Gasteiger partial charge in [0, 0.05) is 24.9 Å². The fraction of sp³-hybridized carbons (Fsp3) is 0.286. The van der Waals surface area contributed by atoms with Gasteiger partial charge in [0.15, 0.2) is 0 Å². The first-order valence-electron chi connectivity index (χ1n) is 6.10. The molecule has 1 amide bonds. The highest BCUT2D eigenvalue weighted by molar-refractivity contribution is 9.10. The Morgan fingerprint density at radius 3 is 2.79 bits per heavy atom. The third kappa shape index (κ3) is 3.67. The van der Waals surface area contributed by atoms with Crippen LogP contribution in [0.3, 0.4) is 0 Å². The fourth-order valence-corrected chi connectivity index (χ4v) is 2.31. The molecule has 0 spiro atoms. The van der Waals surface area contributed by atoms with Crippen LogP contribution in [0.2, 0.25) is 0 Å². The Bertz CT molecular complexity index is 566. The van der Waals surface area contributed by atoms with E-state index in [-0.39, 0.29) is 11.9 Å². The molecule has 0 saturated carbocycles. The topological polar surface area (TPSA) is 46.9 Å². The lowest BCUT2D eigenvalue weighted by Gasteiger charge is -2.14. The third-order valence-corrected chi connectivity index (χ3v) is 3.40. The minimum Gasteiger partial charge on any atom is -0.351 e. The summed E-state index contributed by atoms with van der Waals surface area (Å²) < 4.78 is 2.79. The van der Waals surface area contributed by atoms with E-state index in [9.17, 15) is 4.79 Å². The molecule has 0 saturated heterocycles. The van der Waals surface area contributed by atoms with Gasteiger partial charge in [-0.15, -0.1) is 0 Å². The molecule has 19 heavy (non-hydrogen) atoms. The van der Waals surface area contributed by atoms with Gasteiger partial charge >= 0.3 is 0 Å². The smallest absolute Gasteiger partial charge is 0.226 e. The minimum atomic E-state index is -0.00609. The molecule has 5 heteroatoms. The minimum absolute atomic E-state index is 0.00609. The SMILES string of the molecule is Cc1cc(Br)ncc1NC(=O)C[C@H](C)n1cccc1. The Morgan fingerprint density at radius 1 is 1.47 bits per heavy atom. The second-order valence-electron chi connectivity index (χ2n) is 4.55. The van der Waals surface area contributed by atoms with Crippen molar-refractivity contribution >= 4 is 27.5 Å². The zero-order valence-corrected chi connectivity index (χ0v) is 12.5. The van der Waals surface area contributed by atoms with Crippen LogP contribution in [0.15, 0.2) is 41.4 Å². The summed E-state index contributed by atoms with van der Waals surface area (Å²) in [4.78, 5) is 16.1. The number of carbonyl (C=O) groups excluding carboxylic acids is 1. The van der Waals surface area contributed by atoms with Crippen molar-refractivity contribution in [2.75, 3.05) is 5.32 Å². The van der Waals surface area contributed by atoms with E-state index < -0.39 is 0 Å². The molecule has 2 aromatic heterocycles. The molecule has 0 aromatic carbocycles. The Hall–Kier alpha value is -1.62. The van der Waals surface area contributed by atoms with Gasteiger partial charge in [-0.1, -0.05) is 0 Å². The quantitative estimate of drug-likeness (QED) is 0.875. The lowest BCUT2D eigenvalue weighted by molar-refractivity contribution is -0.116. The van der Waals surface area contributed by atoms with Crippen molar-refractivity contribution < 1.29 is 4.79 Å². The number of aromatic nitrogens is 2. The van der Waals surface area contributed by atoms with E-state index in [0.717, 1.165) is 15.9 Å². The molecule has 0 unspecified atom stereocenters. The van der Waals surface area contributed by atoms with Crippen molar-refractivity contribution in [3.8, 4) is 0 Å². The first-order chi connectivity index (χ1) is 9.06. The molecule has 4 nitrogen and oxygen atoms in total. The standard InChI is InChI=1S/C14H16BrN3O/c1-10-7-13(15)16-9-12(10)17-14(19)8-11(2)18-5-3-4-6-18/h3-7,9,11H,8H2,1-2H3,(H,17,19)/t11-/m0/s1. The summed E-state index contributed by atoms with van der Waals surface area (Å²) in [6.07, 6.45) is 6.02. The number of halogens is 1. The van der Waals surface area contributed by atoms with E-state index >= 15 is 0 Å². The van der Waals surface area contributed by atoms with Gasteiger partial charge in [-0.2, -0.15) is 0 Å². The van der Waals surface area contributed by atoms with E-state index in [1.54, 1.807) is 6.20 Å². The van der Waals surface area contributed by atoms with Crippen LogP contribution in [0, 0.1) is 6.92 Å². The van der Waals surface area contributed by atoms with Crippen LogP contribution in [0.4, 0.5) is 5.69 Å². The number of nitrogens with one attached hydrogen (secondary N) is 1. The Balaban J connectivity index is 1.98. The zero-order chi connectivity index (χ0) is 13.8. The molecule has 0 aliphatic rings. The number of anilines is 1. The van der Waals surface area contributed by atoms with Gasteiger partial charge in [-0.25, -0.2) is 4.98 Å². The van der Waals surface area contributed by atoms with Crippen LogP contribution in [0.25, 0.3) is 0 Å². The van der Waals surface area contributed by atoms with Crippen molar-refractivity contribution in [1.82, 2.24) is 9.55 Å². The Kier molecular flexibility index (Phi) is 4.37. The van der Waals surface area contributed by atoms with Gasteiger partial charge < -0.3 is 9.88 Å². The number of rotatable bonds is 4. The molecule has 2 heterocycles. The monoisotopic (exact) mass is 321 g/mol. The highest BCUT2D eigenvalue weighted by Crippen LogP contribution is 2.18. The average Bonchev–Trinajstić information content (AvgIpc) is 2.86. The second kappa shape index (κ2) is 6.02. The largest absolute Gasteiger partial charge is 0.351 e. The summed E-state index contributed by atoms with van der Waals surface area (Å²) in [5, 5.41) is 2.89. The van der Waals surface area contributed by atoms with E-state index in [4.69, 9.17) is 0 Å². The molecule has 0 radical (unpaired) electrons. The molecule has 2 aromatic rings. The summed E-state index contributed by atoms with van der Waals surface area (Å²) in [5.74, 6) is -0.00609. The number of hydrogen-bond donors (Lipinski definition) is 1. The molecule has 1 N–H and O–H groups in total. The predicted molar refractivity (Wildman–Crippen MR) is 79.1 cm³/mol. The molecule has 0 fully saturated rings. The number of nitrogens with zero attached hydrogens (tertiary/aromatic N) is 2. The third-order valence-electron chi connectivity index (χ3n) is 2.97. The van der Waals surface area contributed by atoms with Crippen LogP contribution in [0.5, 0.6) is 0 Å². The Morgan fingerprint density at radius 2 is 2.16 bits per heavy atom. The fourth-order valence-electron chi connectivity index (χ4n) is 1.87. The lowest BCUT2D eigenvalue weighted by Crippen LogP contribution is -2.17. The molecular formula is C14H16BrN3O. The van der Waals surface area contributed by atoms with E-state index in [0.29, 0.717) is 6.42 Å². The number of amides is 1. The first kappa shape index (κ1) is 13.8. The van der Waals surface area contributed by atoms with Crippen molar-refractivity contribution in [1.29, 1.82) is 0 Å². The highest BCUT2D eigenvalue weighted by Gasteiger charge is 2.11. The number of hydrogen-bond acceptors (Lipinski definition) is 2. The van der Waals surface area contributed by atoms with Gasteiger partial charge in [-0.3, -0.25) is 4.79 Å². The summed E-state index contributed by atoms with van der Waals surface area (Å²) in [5.41, 5.74) is 1.75. The van der Waals surface area contributed by atoms with Crippen molar-refractivity contribution in [3.63, 3.8) is 0 Å². The zero-order valence-electron chi connectivity index (χ0n) is 10.9. The maximum absolute atomic E-state index is 12.0. The molecule has 1 atom stereocenters. The predicted octanol–water partition coefficient (Wildman–Crippen LogP) is 3.54. The van der Waals surface area contributed by atoms with Crippen LogP contribution < -0.4 is 5.32 Å². The van der Waals surface area contributed by atoms with Crippen LogP contribution in [0.1, 0.15) is 24.9 Å². The average molecular weight is 322 g/mol. The first-order valence-corrected chi connectivity index (χ1v) is 6.90. The normalized spacial score (nSPS) is 12.2. The van der Waals surface area contributed by atoms with E-state index in [1.165, 1.54) is 0 Å². The van der Waals surface area contributed by atoms with Crippen molar-refractivity contribution in [2.45, 2.75) is 26.3 Å². The lowest BCUT2D eigenvalue weighted by atomic mass is 10.2. The van der Waals surface area contributed by atoms with Crippen molar-refractivity contribution in [2.24, 2.45) is 0 Å². The van der Waals surface area contributed by atoms with Crippen molar-refractivity contribution in [3.05, 3.63) is 47.0 Å². The maximum Gasteiger partial charge on any atom is 0.226 e. The molecule has 2 rings (SSSR count). The van der Waals surface area contributed by atoms with E-state index in [2.05, 4.69) is 26.2 Å². The summed E-state index contributed by atoms with van der Waals surface area (Å²) in [6.45, 7) is 3.96. The molecule has 0 bridgehead atoms. The van der Waals surface area contributed by atoms with Gasteiger partial charge in [0.1, 0.15) is 4.60 Å². The molecule has 0 aliphatic carbocycles. The molecule has 0 aliphatic heterocycles. The maximum atomic E-state index is 12.0. The molecular weight excluding hydrogens is 306 g/mol. The van der Waals surface area contributed by atoms with Crippen LogP contribution in [-0.4, -0.2) is 15.5 Å². The van der Waals surface area contributed by atoms with Crippen LogP contribution >= 0.6 is 15.9 Å². The summed E-state index contributed by atoms with van der Waals surface area (Å²) in [6, 6.07) is 5.93. The Labute approximate surface area is 121 Å². The number of aryl methyl sites for hydroxylation is 1. The highest BCUT2D eigenvalue weighted by atomic mass is 79.9. The second-order valence-corrected chi connectivity index (χ2v) is 5.37. The van der Waals surface area contributed by atoms with E-state index in [1.807, 2.05) is 49.0 Å². The van der Waals surface area contributed by atoms with Gasteiger partial charge in [0.05, 0.1) is 11.9 Å². The summed E-state index contributed by atoms with van der Waals surface area (Å²) >= 11 is 3.30.